The number of nitrogens with zero attached hydrogens (tertiary/aromatic N) is 2. The molecule has 0 saturated carbocycles. The minimum absolute atomic E-state index is 0.459. The van der Waals surface area contributed by atoms with Gasteiger partial charge in [-0.3, -0.25) is 0 Å². The van der Waals surface area contributed by atoms with Gasteiger partial charge >= 0.3 is 0 Å². The fraction of sp³-hybridized carbons (Fsp3) is 0.143. The van der Waals surface area contributed by atoms with Gasteiger partial charge in [0.2, 0.25) is 5.75 Å². The lowest BCUT2D eigenvalue weighted by molar-refractivity contribution is 0.324. The quantitative estimate of drug-likeness (QED) is 0.447. The molecule has 0 spiro atoms. The maximum Gasteiger partial charge on any atom is 0.203 e. The molecule has 0 radical (unpaired) electrons. The molecule has 5 nitrogen and oxygen atoms in total. The van der Waals surface area contributed by atoms with Gasteiger partial charge in [0, 0.05) is 15.4 Å². The van der Waals surface area contributed by atoms with E-state index in [0.29, 0.717) is 27.8 Å². The maximum atomic E-state index is 9.67. The summed E-state index contributed by atoms with van der Waals surface area (Å²) < 4.78 is 17.1. The van der Waals surface area contributed by atoms with Gasteiger partial charge < -0.3 is 14.2 Å². The number of benzene rings is 2. The molecule has 1 heterocycles. The highest BCUT2D eigenvalue weighted by Gasteiger charge is 2.14. The van der Waals surface area contributed by atoms with Crippen LogP contribution in [0.4, 0.5) is 0 Å². The summed E-state index contributed by atoms with van der Waals surface area (Å²) in [5.41, 5.74) is 3.03. The number of hydrogen-bond acceptors (Lipinski definition) is 6. The third-order valence-electron chi connectivity index (χ3n) is 3.97. The Balaban J connectivity index is 2.01. The van der Waals surface area contributed by atoms with Gasteiger partial charge in [0.1, 0.15) is 11.1 Å². The predicted octanol–water partition coefficient (Wildman–Crippen LogP) is 5.66. The molecule has 0 saturated heterocycles. The number of nitriles is 1. The fourth-order valence-electron chi connectivity index (χ4n) is 2.67. The molecule has 2 aromatic carbocycles. The van der Waals surface area contributed by atoms with Gasteiger partial charge in [0.05, 0.1) is 32.6 Å². The normalized spacial score (nSPS) is 11.0. The molecule has 1 aromatic heterocycles. The first-order valence-corrected chi connectivity index (χ1v) is 9.90. The van der Waals surface area contributed by atoms with Gasteiger partial charge in [-0.05, 0) is 35.9 Å². The minimum atomic E-state index is 0.459. The molecule has 28 heavy (non-hydrogen) atoms. The average molecular weight is 457 g/mol. The molecule has 3 aromatic rings. The molecule has 0 amide bonds. The van der Waals surface area contributed by atoms with Crippen LogP contribution in [-0.4, -0.2) is 26.3 Å². The molecule has 142 valence electrons. The van der Waals surface area contributed by atoms with E-state index in [2.05, 4.69) is 27.0 Å². The van der Waals surface area contributed by atoms with Crippen molar-refractivity contribution in [3.8, 4) is 34.6 Å². The van der Waals surface area contributed by atoms with E-state index < -0.39 is 0 Å². The molecular weight excluding hydrogens is 440 g/mol. The number of halogens is 1. The van der Waals surface area contributed by atoms with E-state index in [9.17, 15) is 5.26 Å². The van der Waals surface area contributed by atoms with E-state index >= 15 is 0 Å². The Labute approximate surface area is 176 Å². The van der Waals surface area contributed by atoms with Crippen molar-refractivity contribution >= 4 is 38.9 Å². The second-order valence-electron chi connectivity index (χ2n) is 5.68. The summed E-state index contributed by atoms with van der Waals surface area (Å²) in [6.07, 6.45) is 1.76. The molecule has 3 rings (SSSR count). The second-order valence-corrected chi connectivity index (χ2v) is 7.45. The summed E-state index contributed by atoms with van der Waals surface area (Å²) in [5, 5.41) is 12.3. The van der Waals surface area contributed by atoms with Gasteiger partial charge in [0.25, 0.3) is 0 Å². The van der Waals surface area contributed by atoms with Crippen molar-refractivity contribution in [3.05, 3.63) is 56.8 Å². The Morgan fingerprint density at radius 3 is 2.39 bits per heavy atom. The predicted molar refractivity (Wildman–Crippen MR) is 115 cm³/mol. The SMILES string of the molecule is COc1cc(C=C(C#N)c2nc(-c3cccc(Br)c3)cs2)cc(OC)c1OC. The van der Waals surface area contributed by atoms with Crippen LogP contribution < -0.4 is 14.2 Å². The number of aromatic nitrogens is 1. The number of methoxy groups -OCH3 is 3. The van der Waals surface area contributed by atoms with Crippen molar-refractivity contribution in [2.45, 2.75) is 0 Å². The molecule has 7 heteroatoms. The largest absolute Gasteiger partial charge is 0.493 e. The van der Waals surface area contributed by atoms with Gasteiger partial charge in [-0.2, -0.15) is 5.26 Å². The maximum absolute atomic E-state index is 9.67. The summed E-state index contributed by atoms with van der Waals surface area (Å²) in [6.45, 7) is 0. The van der Waals surface area contributed by atoms with Crippen LogP contribution in [-0.2, 0) is 0 Å². The first-order valence-electron chi connectivity index (χ1n) is 8.23. The van der Waals surface area contributed by atoms with Gasteiger partial charge in [0.15, 0.2) is 11.5 Å². The first-order chi connectivity index (χ1) is 13.6. The van der Waals surface area contributed by atoms with Crippen molar-refractivity contribution in [2.75, 3.05) is 21.3 Å². The molecule has 0 bridgehead atoms. The topological polar surface area (TPSA) is 64.4 Å². The molecular formula is C21H17BrN2O3S. The summed E-state index contributed by atoms with van der Waals surface area (Å²) in [4.78, 5) is 4.63. The molecule has 0 aliphatic carbocycles. The van der Waals surface area contributed by atoms with Gasteiger partial charge in [-0.15, -0.1) is 11.3 Å². The third-order valence-corrected chi connectivity index (χ3v) is 5.34. The van der Waals surface area contributed by atoms with Crippen LogP contribution in [0.3, 0.4) is 0 Å². The Hall–Kier alpha value is -2.82. The van der Waals surface area contributed by atoms with Crippen LogP contribution in [0.5, 0.6) is 17.2 Å². The highest BCUT2D eigenvalue weighted by Crippen LogP contribution is 2.39. The van der Waals surface area contributed by atoms with E-state index in [0.717, 1.165) is 21.3 Å². The Bertz CT molecular complexity index is 1040. The van der Waals surface area contributed by atoms with Crippen LogP contribution in [0, 0.1) is 11.3 Å². The zero-order chi connectivity index (χ0) is 20.1. The van der Waals surface area contributed by atoms with Gasteiger partial charge in [-0.1, -0.05) is 28.1 Å². The highest BCUT2D eigenvalue weighted by molar-refractivity contribution is 9.10. The molecule has 0 aliphatic rings. The molecule has 0 N–H and O–H groups in total. The standard InChI is InChI=1S/C21H17BrN2O3S/c1-25-18-8-13(9-19(26-2)20(18)27-3)7-15(11-23)21-24-17(12-28-21)14-5-4-6-16(22)10-14/h4-10,12H,1-3H3. The summed E-state index contributed by atoms with van der Waals surface area (Å²) in [5.74, 6) is 1.56. The van der Waals surface area contributed by atoms with Gasteiger partial charge in [-0.25, -0.2) is 4.98 Å². The van der Waals surface area contributed by atoms with Crippen LogP contribution in [0.25, 0.3) is 22.9 Å². The number of ether oxygens (including phenoxy) is 3. The van der Waals surface area contributed by atoms with E-state index in [-0.39, 0.29) is 0 Å². The lowest BCUT2D eigenvalue weighted by Gasteiger charge is -2.13. The zero-order valence-electron chi connectivity index (χ0n) is 15.5. The molecule has 0 atom stereocenters. The number of thiazole rings is 1. The summed E-state index contributed by atoms with van der Waals surface area (Å²) in [7, 11) is 4.66. The second kappa shape index (κ2) is 8.91. The fourth-order valence-corrected chi connectivity index (χ4v) is 3.86. The Morgan fingerprint density at radius 2 is 1.82 bits per heavy atom. The van der Waals surface area contributed by atoms with Crippen LogP contribution >= 0.6 is 27.3 Å². The smallest absolute Gasteiger partial charge is 0.203 e. The Kier molecular flexibility index (Phi) is 6.34. The molecule has 0 aliphatic heterocycles. The van der Waals surface area contributed by atoms with Crippen LogP contribution in [0.15, 0.2) is 46.3 Å². The minimum Gasteiger partial charge on any atom is -0.493 e. The zero-order valence-corrected chi connectivity index (χ0v) is 17.9. The van der Waals surface area contributed by atoms with E-state index in [1.807, 2.05) is 29.6 Å². The summed E-state index contributed by atoms with van der Waals surface area (Å²) >= 11 is 4.90. The van der Waals surface area contributed by atoms with Crippen molar-refractivity contribution in [3.63, 3.8) is 0 Å². The lowest BCUT2D eigenvalue weighted by Crippen LogP contribution is -1.95. The van der Waals surface area contributed by atoms with Crippen molar-refractivity contribution < 1.29 is 14.2 Å². The van der Waals surface area contributed by atoms with E-state index in [1.165, 1.54) is 11.3 Å². The lowest BCUT2D eigenvalue weighted by atomic mass is 10.1. The average Bonchev–Trinajstić information content (AvgIpc) is 3.21. The van der Waals surface area contributed by atoms with E-state index in [4.69, 9.17) is 14.2 Å². The van der Waals surface area contributed by atoms with Crippen LogP contribution in [0.1, 0.15) is 10.6 Å². The first kappa shape index (κ1) is 19.9. The monoisotopic (exact) mass is 456 g/mol. The highest BCUT2D eigenvalue weighted by atomic mass is 79.9. The number of hydrogen-bond donors (Lipinski definition) is 0. The third kappa shape index (κ3) is 4.19. The molecule has 0 fully saturated rings. The number of rotatable bonds is 6. The Morgan fingerprint density at radius 1 is 1.11 bits per heavy atom. The van der Waals surface area contributed by atoms with Crippen LogP contribution in [0.2, 0.25) is 0 Å². The molecule has 0 unspecified atom stereocenters. The number of allylic oxidation sites excluding steroid dienone is 1. The summed E-state index contributed by atoms with van der Waals surface area (Å²) in [6, 6.07) is 13.7. The van der Waals surface area contributed by atoms with Crippen molar-refractivity contribution in [1.29, 1.82) is 5.26 Å². The van der Waals surface area contributed by atoms with Crippen molar-refractivity contribution in [2.24, 2.45) is 0 Å². The van der Waals surface area contributed by atoms with Crippen molar-refractivity contribution in [1.82, 2.24) is 4.98 Å². The van der Waals surface area contributed by atoms with E-state index in [1.54, 1.807) is 39.5 Å².